The summed E-state index contributed by atoms with van der Waals surface area (Å²) >= 11 is 1.61. The number of urea groups is 1. The number of halogens is 1. The molecule has 0 aromatic heterocycles. The van der Waals surface area contributed by atoms with Crippen molar-refractivity contribution in [1.82, 2.24) is 10.2 Å². The number of thioether (sulfide) groups is 1. The van der Waals surface area contributed by atoms with Gasteiger partial charge < -0.3 is 15.0 Å². The highest BCUT2D eigenvalue weighted by Crippen LogP contribution is 2.37. The number of esters is 1. The van der Waals surface area contributed by atoms with Gasteiger partial charge in [0.2, 0.25) is 0 Å². The lowest BCUT2D eigenvalue weighted by molar-refractivity contribution is -0.141. The van der Waals surface area contributed by atoms with Crippen molar-refractivity contribution in [3.63, 3.8) is 0 Å². The van der Waals surface area contributed by atoms with Crippen LogP contribution in [0.15, 0.2) is 24.3 Å². The Kier molecular flexibility index (Phi) is 5.44. The van der Waals surface area contributed by atoms with Crippen LogP contribution in [0.4, 0.5) is 9.18 Å². The number of carbonyl (C=O) groups is 2. The molecule has 0 aliphatic carbocycles. The smallest absolute Gasteiger partial charge is 0.325 e. The van der Waals surface area contributed by atoms with Gasteiger partial charge in [-0.1, -0.05) is 12.1 Å². The Morgan fingerprint density at radius 1 is 1.43 bits per heavy atom. The van der Waals surface area contributed by atoms with Crippen LogP contribution in [0.3, 0.4) is 0 Å². The third-order valence-electron chi connectivity index (χ3n) is 3.00. The summed E-state index contributed by atoms with van der Waals surface area (Å²) in [6.07, 6.45) is 0. The SMILES string of the molecule is CCOC(=O)CNC(=O)N1CCS[C@@H]1c1ccc(F)cc1. The third-order valence-corrected chi connectivity index (χ3v) is 4.26. The van der Waals surface area contributed by atoms with Crippen molar-refractivity contribution >= 4 is 23.8 Å². The lowest BCUT2D eigenvalue weighted by atomic mass is 10.2. The Balaban J connectivity index is 1.96. The van der Waals surface area contributed by atoms with Crippen molar-refractivity contribution in [2.45, 2.75) is 12.3 Å². The van der Waals surface area contributed by atoms with Crippen LogP contribution in [0.1, 0.15) is 17.9 Å². The van der Waals surface area contributed by atoms with Gasteiger partial charge in [0.25, 0.3) is 0 Å². The monoisotopic (exact) mass is 312 g/mol. The zero-order valence-electron chi connectivity index (χ0n) is 11.7. The van der Waals surface area contributed by atoms with Crippen LogP contribution in [0.2, 0.25) is 0 Å². The van der Waals surface area contributed by atoms with Gasteiger partial charge in [0.1, 0.15) is 17.7 Å². The van der Waals surface area contributed by atoms with E-state index in [0.717, 1.165) is 11.3 Å². The van der Waals surface area contributed by atoms with Gasteiger partial charge in [-0.25, -0.2) is 9.18 Å². The summed E-state index contributed by atoms with van der Waals surface area (Å²) in [7, 11) is 0. The summed E-state index contributed by atoms with van der Waals surface area (Å²) in [4.78, 5) is 25.0. The summed E-state index contributed by atoms with van der Waals surface area (Å²) in [5.74, 6) is 0.0330. The number of nitrogens with zero attached hydrogens (tertiary/aromatic N) is 1. The molecule has 1 saturated heterocycles. The Morgan fingerprint density at radius 2 is 2.14 bits per heavy atom. The second kappa shape index (κ2) is 7.31. The number of ether oxygens (including phenoxy) is 1. The summed E-state index contributed by atoms with van der Waals surface area (Å²) < 4.78 is 17.7. The number of amides is 2. The highest BCUT2D eigenvalue weighted by Gasteiger charge is 2.30. The quantitative estimate of drug-likeness (QED) is 0.866. The highest BCUT2D eigenvalue weighted by molar-refractivity contribution is 7.99. The number of hydrogen-bond donors (Lipinski definition) is 1. The van der Waals surface area contributed by atoms with Crippen LogP contribution in [0, 0.1) is 5.82 Å². The second-order valence-corrected chi connectivity index (χ2v) is 5.62. The Labute approximate surface area is 126 Å². The lowest BCUT2D eigenvalue weighted by Gasteiger charge is -2.24. The molecule has 1 heterocycles. The second-order valence-electron chi connectivity index (χ2n) is 4.43. The van der Waals surface area contributed by atoms with E-state index in [4.69, 9.17) is 4.74 Å². The van der Waals surface area contributed by atoms with Crippen LogP contribution in [0.5, 0.6) is 0 Å². The molecule has 7 heteroatoms. The summed E-state index contributed by atoms with van der Waals surface area (Å²) in [6, 6.07) is 5.78. The molecule has 1 aromatic rings. The molecule has 0 bridgehead atoms. The van der Waals surface area contributed by atoms with Crippen LogP contribution >= 0.6 is 11.8 Å². The molecule has 0 spiro atoms. The van der Waals surface area contributed by atoms with Gasteiger partial charge in [-0.15, -0.1) is 11.8 Å². The maximum absolute atomic E-state index is 13.0. The average Bonchev–Trinajstić information content (AvgIpc) is 2.95. The minimum Gasteiger partial charge on any atom is -0.465 e. The minimum absolute atomic E-state index is 0.149. The Morgan fingerprint density at radius 3 is 2.81 bits per heavy atom. The lowest BCUT2D eigenvalue weighted by Crippen LogP contribution is -2.41. The van der Waals surface area contributed by atoms with Gasteiger partial charge >= 0.3 is 12.0 Å². The number of hydrogen-bond acceptors (Lipinski definition) is 4. The molecule has 2 amide bonds. The van der Waals surface area contributed by atoms with Gasteiger partial charge in [0.15, 0.2) is 0 Å². The molecule has 0 radical (unpaired) electrons. The van der Waals surface area contributed by atoms with Crippen LogP contribution < -0.4 is 5.32 Å². The van der Waals surface area contributed by atoms with Crippen molar-refractivity contribution in [3.8, 4) is 0 Å². The molecular formula is C14H17FN2O3S. The first-order valence-corrected chi connectivity index (χ1v) is 7.74. The molecule has 114 valence electrons. The topological polar surface area (TPSA) is 58.6 Å². The summed E-state index contributed by atoms with van der Waals surface area (Å²) in [6.45, 7) is 2.43. The van der Waals surface area contributed by atoms with Gasteiger partial charge in [0, 0.05) is 12.3 Å². The molecule has 5 nitrogen and oxygen atoms in total. The first-order valence-electron chi connectivity index (χ1n) is 6.69. The summed E-state index contributed by atoms with van der Waals surface area (Å²) in [5, 5.41) is 2.39. The fraction of sp³-hybridized carbons (Fsp3) is 0.429. The van der Waals surface area contributed by atoms with Crippen molar-refractivity contribution < 1.29 is 18.7 Å². The molecule has 1 aliphatic heterocycles. The third kappa shape index (κ3) is 4.10. The van der Waals surface area contributed by atoms with E-state index in [-0.39, 0.29) is 30.4 Å². The normalized spacial score (nSPS) is 17.6. The molecule has 1 N–H and O–H groups in total. The van der Waals surface area contributed by atoms with E-state index >= 15 is 0 Å². The average molecular weight is 312 g/mol. The van der Waals surface area contributed by atoms with Crippen molar-refractivity contribution in [2.75, 3.05) is 25.4 Å². The molecule has 1 fully saturated rings. The first kappa shape index (κ1) is 15.6. The molecule has 21 heavy (non-hydrogen) atoms. The molecule has 0 saturated carbocycles. The molecule has 1 aromatic carbocycles. The zero-order valence-corrected chi connectivity index (χ0v) is 12.5. The minimum atomic E-state index is -0.462. The zero-order chi connectivity index (χ0) is 15.2. The van der Waals surface area contributed by atoms with Gasteiger partial charge in [-0.05, 0) is 24.6 Å². The fourth-order valence-corrected chi connectivity index (χ4v) is 3.30. The van der Waals surface area contributed by atoms with Crippen molar-refractivity contribution in [3.05, 3.63) is 35.6 Å². The standard InChI is InChI=1S/C14H17FN2O3S/c1-2-20-12(18)9-16-14(19)17-7-8-21-13(17)10-3-5-11(15)6-4-10/h3-6,13H,2,7-9H2,1H3,(H,16,19)/t13-/m1/s1. The molecule has 0 unspecified atom stereocenters. The van der Waals surface area contributed by atoms with E-state index in [1.165, 1.54) is 12.1 Å². The number of benzene rings is 1. The molecule has 1 atom stereocenters. The van der Waals surface area contributed by atoms with E-state index in [9.17, 15) is 14.0 Å². The summed E-state index contributed by atoms with van der Waals surface area (Å²) in [5.41, 5.74) is 0.866. The van der Waals surface area contributed by atoms with Gasteiger partial charge in [-0.2, -0.15) is 0 Å². The number of rotatable bonds is 4. The van der Waals surface area contributed by atoms with E-state index in [2.05, 4.69) is 5.32 Å². The van der Waals surface area contributed by atoms with E-state index < -0.39 is 5.97 Å². The van der Waals surface area contributed by atoms with Gasteiger partial charge in [0.05, 0.1) is 6.61 Å². The molecule has 1 aliphatic rings. The number of carbonyl (C=O) groups excluding carboxylic acids is 2. The number of nitrogens with one attached hydrogen (secondary N) is 1. The van der Waals surface area contributed by atoms with E-state index in [0.29, 0.717) is 6.54 Å². The van der Waals surface area contributed by atoms with Crippen LogP contribution in [-0.2, 0) is 9.53 Å². The molecular weight excluding hydrogens is 295 g/mol. The van der Waals surface area contributed by atoms with E-state index in [1.807, 2.05) is 0 Å². The maximum atomic E-state index is 13.0. The Bertz CT molecular complexity index is 509. The highest BCUT2D eigenvalue weighted by atomic mass is 32.2. The van der Waals surface area contributed by atoms with Crippen molar-refractivity contribution in [2.24, 2.45) is 0 Å². The maximum Gasteiger partial charge on any atom is 0.325 e. The Hall–Kier alpha value is -1.76. The predicted molar refractivity (Wildman–Crippen MR) is 78.3 cm³/mol. The fourth-order valence-electron chi connectivity index (χ4n) is 2.04. The van der Waals surface area contributed by atoms with Crippen LogP contribution in [-0.4, -0.2) is 42.3 Å². The largest absolute Gasteiger partial charge is 0.465 e. The van der Waals surface area contributed by atoms with Crippen LogP contribution in [0.25, 0.3) is 0 Å². The molecule has 2 rings (SSSR count). The van der Waals surface area contributed by atoms with Crippen molar-refractivity contribution in [1.29, 1.82) is 0 Å². The predicted octanol–water partition coefficient (Wildman–Crippen LogP) is 2.15. The van der Waals surface area contributed by atoms with E-state index in [1.54, 1.807) is 35.7 Å². The first-order chi connectivity index (χ1) is 10.1. The van der Waals surface area contributed by atoms with Gasteiger partial charge in [-0.3, -0.25) is 4.79 Å².